The molecule has 0 saturated heterocycles. The topological polar surface area (TPSA) is 38.9 Å². The molecule has 1 aliphatic carbocycles. The van der Waals surface area contributed by atoms with E-state index in [0.717, 1.165) is 25.8 Å². The molecular formula is C15H18N2S2. The number of rotatable bonds is 3. The number of benzene rings is 1. The first kappa shape index (κ1) is 13.0. The number of thiazole rings is 1. The zero-order chi connectivity index (χ0) is 13.2. The summed E-state index contributed by atoms with van der Waals surface area (Å²) in [6.07, 6.45) is 5.38. The molecule has 3 rings (SSSR count). The van der Waals surface area contributed by atoms with Gasteiger partial charge in [0.15, 0.2) is 4.34 Å². The highest BCUT2D eigenvalue weighted by molar-refractivity contribution is 8.01. The van der Waals surface area contributed by atoms with Crippen LogP contribution in [0.2, 0.25) is 0 Å². The molecule has 2 N–H and O–H groups in total. The van der Waals surface area contributed by atoms with Gasteiger partial charge in [0.2, 0.25) is 0 Å². The van der Waals surface area contributed by atoms with E-state index in [2.05, 4.69) is 31.2 Å². The van der Waals surface area contributed by atoms with Gasteiger partial charge in [0, 0.05) is 10.8 Å². The van der Waals surface area contributed by atoms with Crippen LogP contribution in [0.15, 0.2) is 28.6 Å². The lowest BCUT2D eigenvalue weighted by Crippen LogP contribution is -1.92. The predicted molar refractivity (Wildman–Crippen MR) is 84.8 cm³/mol. The summed E-state index contributed by atoms with van der Waals surface area (Å²) < 4.78 is 1.13. The van der Waals surface area contributed by atoms with E-state index in [1.165, 1.54) is 31.2 Å². The second-order valence-electron chi connectivity index (χ2n) is 5.09. The molecule has 1 aliphatic rings. The first-order chi connectivity index (χ1) is 9.22. The van der Waals surface area contributed by atoms with Crippen molar-refractivity contribution in [3.8, 4) is 11.3 Å². The predicted octanol–water partition coefficient (Wildman–Crippen LogP) is 4.74. The molecule has 0 spiro atoms. The Morgan fingerprint density at radius 2 is 2.11 bits per heavy atom. The molecule has 1 saturated carbocycles. The molecule has 1 heterocycles. The van der Waals surface area contributed by atoms with Crippen LogP contribution in [-0.4, -0.2) is 10.2 Å². The lowest BCUT2D eigenvalue weighted by atomic mass is 10.1. The first-order valence-electron chi connectivity index (χ1n) is 6.72. The van der Waals surface area contributed by atoms with Crippen LogP contribution in [0, 0.1) is 6.92 Å². The average molecular weight is 290 g/mol. The number of aromatic nitrogens is 1. The van der Waals surface area contributed by atoms with Crippen LogP contribution in [0.4, 0.5) is 5.00 Å². The van der Waals surface area contributed by atoms with Crippen molar-refractivity contribution in [3.05, 3.63) is 29.8 Å². The highest BCUT2D eigenvalue weighted by Gasteiger charge is 2.19. The van der Waals surface area contributed by atoms with Crippen molar-refractivity contribution in [1.29, 1.82) is 0 Å². The van der Waals surface area contributed by atoms with E-state index in [1.807, 2.05) is 11.8 Å². The van der Waals surface area contributed by atoms with Crippen molar-refractivity contribution >= 4 is 28.1 Å². The summed E-state index contributed by atoms with van der Waals surface area (Å²) >= 11 is 3.54. The Bertz CT molecular complexity index is 571. The third-order valence-electron chi connectivity index (χ3n) is 3.49. The molecule has 0 unspecified atom stereocenters. The van der Waals surface area contributed by atoms with E-state index in [0.29, 0.717) is 0 Å². The van der Waals surface area contributed by atoms with Crippen molar-refractivity contribution < 1.29 is 0 Å². The van der Waals surface area contributed by atoms with E-state index >= 15 is 0 Å². The number of nitrogens with zero attached hydrogens (tertiary/aromatic N) is 1. The maximum atomic E-state index is 6.14. The first-order valence-corrected chi connectivity index (χ1v) is 8.42. The minimum Gasteiger partial charge on any atom is -0.389 e. The summed E-state index contributed by atoms with van der Waals surface area (Å²) in [7, 11) is 0. The summed E-state index contributed by atoms with van der Waals surface area (Å²) in [6, 6.07) is 8.39. The van der Waals surface area contributed by atoms with Gasteiger partial charge in [0.25, 0.3) is 0 Å². The van der Waals surface area contributed by atoms with Crippen molar-refractivity contribution in [2.24, 2.45) is 0 Å². The van der Waals surface area contributed by atoms with Crippen molar-refractivity contribution in [1.82, 2.24) is 4.98 Å². The maximum Gasteiger partial charge on any atom is 0.152 e. The van der Waals surface area contributed by atoms with Gasteiger partial charge in [-0.25, -0.2) is 4.98 Å². The van der Waals surface area contributed by atoms with Gasteiger partial charge in [0.05, 0.1) is 0 Å². The summed E-state index contributed by atoms with van der Waals surface area (Å²) in [5, 5.41) is 1.59. The number of aryl methyl sites for hydroxylation is 1. The Balaban J connectivity index is 1.84. The summed E-state index contributed by atoms with van der Waals surface area (Å²) in [5.41, 5.74) is 9.47. The average Bonchev–Trinajstić information content (AvgIpc) is 3.00. The van der Waals surface area contributed by atoms with Crippen LogP contribution in [0.5, 0.6) is 0 Å². The molecule has 0 aliphatic heterocycles. The summed E-state index contributed by atoms with van der Waals surface area (Å²) in [4.78, 5) is 4.74. The fourth-order valence-electron chi connectivity index (χ4n) is 2.51. The molecule has 0 radical (unpaired) electrons. The Hall–Kier alpha value is -1.000. The molecule has 0 atom stereocenters. The van der Waals surface area contributed by atoms with E-state index in [-0.39, 0.29) is 0 Å². The second kappa shape index (κ2) is 5.55. The van der Waals surface area contributed by atoms with Gasteiger partial charge in [-0.15, -0.1) is 0 Å². The minimum atomic E-state index is 0.746. The van der Waals surface area contributed by atoms with Gasteiger partial charge in [0.1, 0.15) is 10.7 Å². The van der Waals surface area contributed by atoms with Gasteiger partial charge in [-0.1, -0.05) is 59.7 Å². The largest absolute Gasteiger partial charge is 0.389 e. The number of thioether (sulfide) groups is 1. The van der Waals surface area contributed by atoms with Gasteiger partial charge in [-0.3, -0.25) is 0 Å². The Morgan fingerprint density at radius 1 is 1.32 bits per heavy atom. The van der Waals surface area contributed by atoms with Gasteiger partial charge >= 0.3 is 0 Å². The molecule has 4 heteroatoms. The maximum absolute atomic E-state index is 6.14. The van der Waals surface area contributed by atoms with Gasteiger partial charge in [-0.2, -0.15) is 0 Å². The molecule has 2 nitrogen and oxygen atoms in total. The quantitative estimate of drug-likeness (QED) is 0.887. The minimum absolute atomic E-state index is 0.746. The van der Waals surface area contributed by atoms with Crippen LogP contribution < -0.4 is 5.73 Å². The Kier molecular flexibility index (Phi) is 3.80. The standard InChI is InChI=1S/C15H18N2S2/c1-10-5-4-6-11(9-10)13-14(16)19-15(17-13)18-12-7-2-3-8-12/h4-6,9,12H,2-3,7-8,16H2,1H3. The molecule has 1 aromatic heterocycles. The highest BCUT2D eigenvalue weighted by atomic mass is 32.2. The van der Waals surface area contributed by atoms with Crippen LogP contribution >= 0.6 is 23.1 Å². The fourth-order valence-corrected chi connectivity index (χ4v) is 4.96. The van der Waals surface area contributed by atoms with Crippen LogP contribution in [0.3, 0.4) is 0 Å². The molecule has 19 heavy (non-hydrogen) atoms. The molecule has 1 fully saturated rings. The molecule has 0 bridgehead atoms. The smallest absolute Gasteiger partial charge is 0.152 e. The molecular weight excluding hydrogens is 272 g/mol. The second-order valence-corrected chi connectivity index (χ2v) is 7.66. The van der Waals surface area contributed by atoms with Crippen LogP contribution in [0.25, 0.3) is 11.3 Å². The number of anilines is 1. The number of nitrogens with two attached hydrogens (primary N) is 1. The third kappa shape index (κ3) is 2.95. The van der Waals surface area contributed by atoms with E-state index < -0.39 is 0 Å². The van der Waals surface area contributed by atoms with Crippen molar-refractivity contribution in [2.75, 3.05) is 5.73 Å². The number of hydrogen-bond acceptors (Lipinski definition) is 4. The Morgan fingerprint density at radius 3 is 2.84 bits per heavy atom. The summed E-state index contributed by atoms with van der Waals surface area (Å²) in [5.74, 6) is 0. The number of nitrogen functional groups attached to an aromatic ring is 1. The van der Waals surface area contributed by atoms with Gasteiger partial charge in [-0.05, 0) is 25.8 Å². The molecule has 0 amide bonds. The Labute approximate surface area is 122 Å². The zero-order valence-electron chi connectivity index (χ0n) is 11.1. The van der Waals surface area contributed by atoms with E-state index in [4.69, 9.17) is 10.7 Å². The lowest BCUT2D eigenvalue weighted by Gasteiger charge is -2.04. The van der Waals surface area contributed by atoms with Crippen LogP contribution in [-0.2, 0) is 0 Å². The fraction of sp³-hybridized carbons (Fsp3) is 0.400. The normalized spacial score (nSPS) is 16.1. The zero-order valence-corrected chi connectivity index (χ0v) is 12.7. The van der Waals surface area contributed by atoms with Crippen molar-refractivity contribution in [2.45, 2.75) is 42.2 Å². The SMILES string of the molecule is Cc1cccc(-c2nc(SC3CCCC3)sc2N)c1. The van der Waals surface area contributed by atoms with Crippen molar-refractivity contribution in [3.63, 3.8) is 0 Å². The third-order valence-corrected chi connectivity index (χ3v) is 5.81. The van der Waals surface area contributed by atoms with Crippen LogP contribution in [0.1, 0.15) is 31.2 Å². The highest BCUT2D eigenvalue weighted by Crippen LogP contribution is 2.40. The van der Waals surface area contributed by atoms with Gasteiger partial charge < -0.3 is 5.73 Å². The molecule has 1 aromatic carbocycles. The summed E-state index contributed by atoms with van der Waals surface area (Å²) in [6.45, 7) is 2.10. The number of hydrogen-bond donors (Lipinski definition) is 1. The van der Waals surface area contributed by atoms with E-state index in [1.54, 1.807) is 11.3 Å². The lowest BCUT2D eigenvalue weighted by molar-refractivity contribution is 0.886. The molecule has 100 valence electrons. The molecule has 2 aromatic rings. The van der Waals surface area contributed by atoms with E-state index in [9.17, 15) is 0 Å². The monoisotopic (exact) mass is 290 g/mol.